The monoisotopic (exact) mass is 344 g/mol. The summed E-state index contributed by atoms with van der Waals surface area (Å²) in [6.07, 6.45) is 1.97. The molecule has 1 aliphatic carbocycles. The number of carbonyl (C=O) groups is 1. The zero-order valence-electron chi connectivity index (χ0n) is 14.0. The molecule has 3 rings (SSSR count). The molecular formula is C19H21FN2O3. The molecule has 1 saturated carbocycles. The van der Waals surface area contributed by atoms with Crippen molar-refractivity contribution >= 4 is 6.03 Å². The lowest BCUT2D eigenvalue weighted by atomic mass is 10.2. The van der Waals surface area contributed by atoms with Crippen molar-refractivity contribution in [1.82, 2.24) is 10.2 Å². The van der Waals surface area contributed by atoms with Crippen molar-refractivity contribution in [2.45, 2.75) is 32.0 Å². The van der Waals surface area contributed by atoms with E-state index in [-0.39, 0.29) is 23.6 Å². The number of carbonyl (C=O) groups excluding carboxylic acids is 1. The molecule has 0 atom stereocenters. The second-order valence-corrected chi connectivity index (χ2v) is 6.15. The summed E-state index contributed by atoms with van der Waals surface area (Å²) in [5.41, 5.74) is 1.73. The van der Waals surface area contributed by atoms with Crippen molar-refractivity contribution < 1.29 is 19.0 Å². The number of nitrogens with one attached hydrogen (secondary N) is 1. The number of methoxy groups -OCH3 is 1. The molecule has 2 N–H and O–H groups in total. The van der Waals surface area contributed by atoms with Crippen LogP contribution in [0.1, 0.15) is 24.0 Å². The number of ether oxygens (including phenoxy) is 1. The maximum absolute atomic E-state index is 12.9. The summed E-state index contributed by atoms with van der Waals surface area (Å²) in [5, 5.41) is 12.6. The van der Waals surface area contributed by atoms with Gasteiger partial charge >= 0.3 is 6.03 Å². The van der Waals surface area contributed by atoms with Crippen molar-refractivity contribution in [3.05, 3.63) is 59.4 Å². The van der Waals surface area contributed by atoms with Crippen LogP contribution in [0.25, 0.3) is 0 Å². The zero-order chi connectivity index (χ0) is 17.8. The van der Waals surface area contributed by atoms with Crippen molar-refractivity contribution in [3.63, 3.8) is 0 Å². The molecule has 132 valence electrons. The summed E-state index contributed by atoms with van der Waals surface area (Å²) in [5.74, 6) is 0.168. The number of benzene rings is 2. The van der Waals surface area contributed by atoms with E-state index < -0.39 is 0 Å². The van der Waals surface area contributed by atoms with Gasteiger partial charge in [-0.2, -0.15) is 0 Å². The highest BCUT2D eigenvalue weighted by atomic mass is 19.1. The van der Waals surface area contributed by atoms with E-state index in [0.29, 0.717) is 18.8 Å². The van der Waals surface area contributed by atoms with Gasteiger partial charge in [-0.3, -0.25) is 0 Å². The number of phenolic OH excluding ortho intramolecular Hbond substituents is 1. The molecule has 0 saturated heterocycles. The normalized spacial score (nSPS) is 13.4. The number of hydrogen-bond acceptors (Lipinski definition) is 3. The SMILES string of the molecule is COc1cc(CN(C(=O)NCc2ccc(F)cc2)C2CC2)ccc1O. The molecule has 0 spiro atoms. The summed E-state index contributed by atoms with van der Waals surface area (Å²) in [7, 11) is 1.49. The first-order valence-electron chi connectivity index (χ1n) is 8.21. The van der Waals surface area contributed by atoms with E-state index in [2.05, 4.69) is 5.32 Å². The standard InChI is InChI=1S/C19H21FN2O3/c1-25-18-10-14(4-9-17(18)23)12-22(16-7-8-16)19(24)21-11-13-2-5-15(20)6-3-13/h2-6,9-10,16,23H,7-8,11-12H2,1H3,(H,21,24). The Morgan fingerprint density at radius 3 is 2.56 bits per heavy atom. The van der Waals surface area contributed by atoms with Gasteiger partial charge in [-0.15, -0.1) is 0 Å². The van der Waals surface area contributed by atoms with Crippen LogP contribution >= 0.6 is 0 Å². The van der Waals surface area contributed by atoms with Gasteiger partial charge in [0.1, 0.15) is 5.82 Å². The van der Waals surface area contributed by atoms with Crippen LogP contribution in [0.5, 0.6) is 11.5 Å². The van der Waals surface area contributed by atoms with E-state index >= 15 is 0 Å². The smallest absolute Gasteiger partial charge is 0.318 e. The van der Waals surface area contributed by atoms with Crippen molar-refractivity contribution in [3.8, 4) is 11.5 Å². The lowest BCUT2D eigenvalue weighted by Crippen LogP contribution is -2.40. The summed E-state index contributed by atoms with van der Waals surface area (Å²) in [4.78, 5) is 14.3. The van der Waals surface area contributed by atoms with Crippen LogP contribution in [0.2, 0.25) is 0 Å². The number of phenols is 1. The molecule has 0 heterocycles. The second kappa shape index (κ2) is 7.42. The molecule has 2 amide bonds. The van der Waals surface area contributed by atoms with E-state index in [0.717, 1.165) is 24.0 Å². The molecule has 0 unspecified atom stereocenters. The van der Waals surface area contributed by atoms with Gasteiger partial charge in [-0.1, -0.05) is 18.2 Å². The van der Waals surface area contributed by atoms with Gasteiger partial charge in [-0.25, -0.2) is 9.18 Å². The Bertz CT molecular complexity index is 745. The van der Waals surface area contributed by atoms with Crippen LogP contribution in [0.4, 0.5) is 9.18 Å². The number of rotatable bonds is 6. The minimum absolute atomic E-state index is 0.0741. The van der Waals surface area contributed by atoms with Crippen molar-refractivity contribution in [1.29, 1.82) is 0 Å². The molecule has 5 nitrogen and oxygen atoms in total. The fraction of sp³-hybridized carbons (Fsp3) is 0.316. The third-order valence-corrected chi connectivity index (χ3v) is 4.20. The molecule has 0 bridgehead atoms. The Kier molecular flexibility index (Phi) is 5.07. The van der Waals surface area contributed by atoms with Crippen LogP contribution < -0.4 is 10.1 Å². The molecule has 0 aliphatic heterocycles. The minimum Gasteiger partial charge on any atom is -0.504 e. The van der Waals surface area contributed by atoms with Gasteiger partial charge in [0.2, 0.25) is 0 Å². The number of hydrogen-bond donors (Lipinski definition) is 2. The molecule has 25 heavy (non-hydrogen) atoms. The molecule has 2 aromatic carbocycles. The molecule has 0 radical (unpaired) electrons. The van der Waals surface area contributed by atoms with Crippen LogP contribution in [0, 0.1) is 5.82 Å². The van der Waals surface area contributed by atoms with E-state index in [9.17, 15) is 14.3 Å². The third-order valence-electron chi connectivity index (χ3n) is 4.20. The summed E-state index contributed by atoms with van der Waals surface area (Å²) in [6, 6.07) is 11.2. The highest BCUT2D eigenvalue weighted by Crippen LogP contribution is 2.31. The first kappa shape index (κ1) is 17.1. The minimum atomic E-state index is -0.295. The van der Waals surface area contributed by atoms with Crippen molar-refractivity contribution in [2.75, 3.05) is 7.11 Å². The van der Waals surface area contributed by atoms with E-state index in [1.807, 2.05) is 0 Å². The zero-order valence-corrected chi connectivity index (χ0v) is 14.0. The Labute approximate surface area is 146 Å². The predicted molar refractivity (Wildman–Crippen MR) is 91.9 cm³/mol. The quantitative estimate of drug-likeness (QED) is 0.844. The molecule has 1 aliphatic rings. The van der Waals surface area contributed by atoms with Gasteiger partial charge in [0, 0.05) is 19.1 Å². The summed E-state index contributed by atoms with van der Waals surface area (Å²) in [6.45, 7) is 0.789. The van der Waals surface area contributed by atoms with E-state index in [1.54, 1.807) is 35.2 Å². The Morgan fingerprint density at radius 2 is 1.92 bits per heavy atom. The lowest BCUT2D eigenvalue weighted by Gasteiger charge is -2.23. The fourth-order valence-corrected chi connectivity index (χ4v) is 2.65. The van der Waals surface area contributed by atoms with Gasteiger partial charge < -0.3 is 20.1 Å². The maximum atomic E-state index is 12.9. The maximum Gasteiger partial charge on any atom is 0.318 e. The van der Waals surface area contributed by atoms with Gasteiger partial charge in [0.05, 0.1) is 7.11 Å². The lowest BCUT2D eigenvalue weighted by molar-refractivity contribution is 0.191. The largest absolute Gasteiger partial charge is 0.504 e. The third kappa shape index (κ3) is 4.41. The summed E-state index contributed by atoms with van der Waals surface area (Å²) >= 11 is 0. The highest BCUT2D eigenvalue weighted by molar-refractivity contribution is 5.75. The first-order valence-corrected chi connectivity index (χ1v) is 8.21. The van der Waals surface area contributed by atoms with Crippen LogP contribution in [0.15, 0.2) is 42.5 Å². The fourth-order valence-electron chi connectivity index (χ4n) is 2.65. The van der Waals surface area contributed by atoms with E-state index in [1.165, 1.54) is 19.2 Å². The average Bonchev–Trinajstić information content (AvgIpc) is 3.45. The number of amides is 2. The van der Waals surface area contributed by atoms with Crippen LogP contribution in [-0.2, 0) is 13.1 Å². The van der Waals surface area contributed by atoms with Crippen molar-refractivity contribution in [2.24, 2.45) is 0 Å². The molecule has 1 fully saturated rings. The number of aromatic hydroxyl groups is 1. The van der Waals surface area contributed by atoms with Gasteiger partial charge in [-0.05, 0) is 48.2 Å². The molecule has 6 heteroatoms. The molecular weight excluding hydrogens is 323 g/mol. The topological polar surface area (TPSA) is 61.8 Å². The predicted octanol–water partition coefficient (Wildman–Crippen LogP) is 3.41. The van der Waals surface area contributed by atoms with Gasteiger partial charge in [0.15, 0.2) is 11.5 Å². The number of nitrogens with zero attached hydrogens (tertiary/aromatic N) is 1. The second-order valence-electron chi connectivity index (χ2n) is 6.15. The first-order chi connectivity index (χ1) is 12.1. The molecule has 0 aromatic heterocycles. The van der Waals surface area contributed by atoms with E-state index in [4.69, 9.17) is 4.74 Å². The highest BCUT2D eigenvalue weighted by Gasteiger charge is 2.32. The van der Waals surface area contributed by atoms with Gasteiger partial charge in [0.25, 0.3) is 0 Å². The number of urea groups is 1. The number of halogens is 1. The average molecular weight is 344 g/mol. The Morgan fingerprint density at radius 1 is 1.24 bits per heavy atom. The Balaban J connectivity index is 1.64. The van der Waals surface area contributed by atoms with Crippen LogP contribution in [-0.4, -0.2) is 29.2 Å². The molecule has 2 aromatic rings. The Hall–Kier alpha value is -2.76. The van der Waals surface area contributed by atoms with Crippen LogP contribution in [0.3, 0.4) is 0 Å². The summed E-state index contributed by atoms with van der Waals surface area (Å²) < 4.78 is 18.1.